The fourth-order valence-electron chi connectivity index (χ4n) is 1.00. The van der Waals surface area contributed by atoms with Gasteiger partial charge in [-0.2, -0.15) is 0 Å². The Hall–Kier alpha value is -2.09. The highest BCUT2D eigenvalue weighted by Gasteiger charge is 2.07. The van der Waals surface area contributed by atoms with Gasteiger partial charge in [0.2, 0.25) is 0 Å². The molecule has 0 saturated heterocycles. The van der Waals surface area contributed by atoms with E-state index in [4.69, 9.17) is 4.74 Å². The van der Waals surface area contributed by atoms with Gasteiger partial charge in [-0.15, -0.1) is 0 Å². The summed E-state index contributed by atoms with van der Waals surface area (Å²) in [5, 5.41) is 0. The van der Waals surface area contributed by atoms with Crippen LogP contribution in [0.2, 0.25) is 0 Å². The molecular weight excluding hydrogens is 212 g/mol. The van der Waals surface area contributed by atoms with Crippen molar-refractivity contribution in [2.24, 2.45) is 0 Å². The highest BCUT2D eigenvalue weighted by molar-refractivity contribution is 5.93. The van der Waals surface area contributed by atoms with Crippen LogP contribution < -0.4 is 4.74 Å². The first-order chi connectivity index (χ1) is 8.27. The Labute approximate surface area is 103 Å². The molecule has 0 heterocycles. The SMILES string of the molecule is C=C/C=C(\C=C)C(=O)Oc1ccccc1.CC. The Morgan fingerprint density at radius 3 is 2.24 bits per heavy atom. The molecule has 0 bridgehead atoms. The molecule has 0 aliphatic heterocycles. The van der Waals surface area contributed by atoms with Gasteiger partial charge in [0.15, 0.2) is 0 Å². The molecule has 0 unspecified atom stereocenters. The standard InChI is InChI=1S/C13H12O2.C2H6/c1-3-8-11(4-2)13(14)15-12-9-6-5-7-10-12;1-2/h3-10H,1-2H2;1-2H3/b11-8+;. The van der Waals surface area contributed by atoms with Crippen molar-refractivity contribution in [2.45, 2.75) is 13.8 Å². The molecule has 0 aliphatic rings. The highest BCUT2D eigenvalue weighted by atomic mass is 16.5. The predicted octanol–water partition coefficient (Wildman–Crippen LogP) is 3.92. The quantitative estimate of drug-likeness (QED) is 0.339. The molecule has 0 atom stereocenters. The van der Waals surface area contributed by atoms with Crippen LogP contribution in [0.15, 0.2) is 67.3 Å². The molecule has 0 saturated carbocycles. The molecule has 0 fully saturated rings. The minimum absolute atomic E-state index is 0.383. The normalized spacial score (nSPS) is 9.65. The van der Waals surface area contributed by atoms with E-state index in [1.807, 2.05) is 19.9 Å². The van der Waals surface area contributed by atoms with Crippen molar-refractivity contribution in [1.29, 1.82) is 0 Å². The summed E-state index contributed by atoms with van der Waals surface area (Å²) in [5.74, 6) is 0.0791. The number of esters is 1. The Morgan fingerprint density at radius 1 is 1.18 bits per heavy atom. The first-order valence-corrected chi connectivity index (χ1v) is 5.50. The van der Waals surface area contributed by atoms with Gasteiger partial charge in [-0.1, -0.05) is 57.4 Å². The molecule has 0 N–H and O–H groups in total. The van der Waals surface area contributed by atoms with E-state index in [0.29, 0.717) is 11.3 Å². The summed E-state index contributed by atoms with van der Waals surface area (Å²) in [6.07, 6.45) is 4.51. The summed E-state index contributed by atoms with van der Waals surface area (Å²) >= 11 is 0. The van der Waals surface area contributed by atoms with Crippen LogP contribution in [0.5, 0.6) is 5.75 Å². The Bertz CT molecular complexity index is 389. The van der Waals surface area contributed by atoms with Gasteiger partial charge in [-0.05, 0) is 18.2 Å². The van der Waals surface area contributed by atoms with Crippen molar-refractivity contribution in [3.63, 3.8) is 0 Å². The Kier molecular flexibility index (Phi) is 8.03. The van der Waals surface area contributed by atoms with E-state index in [-0.39, 0.29) is 0 Å². The second kappa shape index (κ2) is 9.16. The molecule has 2 heteroatoms. The second-order valence-electron chi connectivity index (χ2n) is 2.76. The molecule has 1 aromatic carbocycles. The zero-order valence-electron chi connectivity index (χ0n) is 10.3. The van der Waals surface area contributed by atoms with Crippen LogP contribution in [0.4, 0.5) is 0 Å². The molecule has 1 rings (SSSR count). The zero-order valence-corrected chi connectivity index (χ0v) is 10.3. The third-order valence-electron chi connectivity index (χ3n) is 1.71. The first kappa shape index (κ1) is 14.9. The van der Waals surface area contributed by atoms with Crippen LogP contribution in [0, 0.1) is 0 Å². The third kappa shape index (κ3) is 5.52. The van der Waals surface area contributed by atoms with Crippen LogP contribution in [-0.2, 0) is 4.79 Å². The molecular formula is C15H18O2. The van der Waals surface area contributed by atoms with E-state index in [1.165, 1.54) is 12.2 Å². The lowest BCUT2D eigenvalue weighted by molar-refractivity contribution is -0.129. The van der Waals surface area contributed by atoms with Crippen molar-refractivity contribution in [3.05, 3.63) is 67.3 Å². The van der Waals surface area contributed by atoms with Gasteiger partial charge in [0, 0.05) is 0 Å². The number of para-hydroxylation sites is 1. The van der Waals surface area contributed by atoms with Crippen molar-refractivity contribution in [3.8, 4) is 5.75 Å². The van der Waals surface area contributed by atoms with Gasteiger partial charge in [0.25, 0.3) is 0 Å². The van der Waals surface area contributed by atoms with Crippen LogP contribution in [0.25, 0.3) is 0 Å². The van der Waals surface area contributed by atoms with E-state index in [9.17, 15) is 4.79 Å². The number of benzene rings is 1. The van der Waals surface area contributed by atoms with Gasteiger partial charge in [-0.3, -0.25) is 0 Å². The monoisotopic (exact) mass is 230 g/mol. The third-order valence-corrected chi connectivity index (χ3v) is 1.71. The van der Waals surface area contributed by atoms with Crippen molar-refractivity contribution in [1.82, 2.24) is 0 Å². The lowest BCUT2D eigenvalue weighted by Crippen LogP contribution is -2.09. The summed E-state index contributed by atoms with van der Waals surface area (Å²) in [7, 11) is 0. The maximum atomic E-state index is 11.5. The number of ether oxygens (including phenoxy) is 1. The summed E-state index contributed by atoms with van der Waals surface area (Å²) < 4.78 is 5.09. The molecule has 1 aromatic rings. The van der Waals surface area contributed by atoms with E-state index >= 15 is 0 Å². The number of carbonyl (C=O) groups is 1. The van der Waals surface area contributed by atoms with Crippen molar-refractivity contribution in [2.75, 3.05) is 0 Å². The summed E-state index contributed by atoms with van der Waals surface area (Å²) in [6.45, 7) is 11.0. The summed E-state index contributed by atoms with van der Waals surface area (Å²) in [4.78, 5) is 11.5. The van der Waals surface area contributed by atoms with Gasteiger partial charge >= 0.3 is 5.97 Å². The Morgan fingerprint density at radius 2 is 1.76 bits per heavy atom. The number of rotatable bonds is 4. The van der Waals surface area contributed by atoms with E-state index in [1.54, 1.807) is 30.3 Å². The molecule has 90 valence electrons. The average Bonchev–Trinajstić information content (AvgIpc) is 2.39. The molecule has 0 aromatic heterocycles. The lowest BCUT2D eigenvalue weighted by Gasteiger charge is -2.03. The minimum atomic E-state index is -0.434. The van der Waals surface area contributed by atoms with Crippen LogP contribution in [0.3, 0.4) is 0 Å². The van der Waals surface area contributed by atoms with Crippen LogP contribution in [0.1, 0.15) is 13.8 Å². The fraction of sp³-hybridized carbons (Fsp3) is 0.133. The van der Waals surface area contributed by atoms with E-state index in [2.05, 4.69) is 13.2 Å². The number of hydrogen-bond donors (Lipinski definition) is 0. The minimum Gasteiger partial charge on any atom is -0.423 e. The predicted molar refractivity (Wildman–Crippen MR) is 71.9 cm³/mol. The molecule has 17 heavy (non-hydrogen) atoms. The van der Waals surface area contributed by atoms with Gasteiger partial charge in [-0.25, -0.2) is 4.79 Å². The molecule has 0 aliphatic carbocycles. The number of hydrogen-bond acceptors (Lipinski definition) is 2. The topological polar surface area (TPSA) is 26.3 Å². The van der Waals surface area contributed by atoms with Gasteiger partial charge in [0.05, 0.1) is 5.57 Å². The molecule has 0 radical (unpaired) electrons. The fourth-order valence-corrected chi connectivity index (χ4v) is 1.00. The van der Waals surface area contributed by atoms with Gasteiger partial charge < -0.3 is 4.74 Å². The van der Waals surface area contributed by atoms with E-state index < -0.39 is 5.97 Å². The molecule has 0 amide bonds. The Balaban J connectivity index is 0.00000121. The lowest BCUT2D eigenvalue weighted by atomic mass is 10.2. The van der Waals surface area contributed by atoms with Crippen molar-refractivity contribution >= 4 is 5.97 Å². The molecule has 0 spiro atoms. The maximum Gasteiger partial charge on any atom is 0.343 e. The largest absolute Gasteiger partial charge is 0.423 e. The average molecular weight is 230 g/mol. The van der Waals surface area contributed by atoms with E-state index in [0.717, 1.165) is 0 Å². The van der Waals surface area contributed by atoms with Crippen LogP contribution in [-0.4, -0.2) is 5.97 Å². The number of allylic oxidation sites excluding steroid dienone is 2. The summed E-state index contributed by atoms with van der Waals surface area (Å²) in [6, 6.07) is 8.88. The molecule has 2 nitrogen and oxygen atoms in total. The first-order valence-electron chi connectivity index (χ1n) is 5.50. The second-order valence-corrected chi connectivity index (χ2v) is 2.76. The van der Waals surface area contributed by atoms with Gasteiger partial charge in [0.1, 0.15) is 5.75 Å². The zero-order chi connectivity index (χ0) is 13.1. The van der Waals surface area contributed by atoms with Crippen molar-refractivity contribution < 1.29 is 9.53 Å². The smallest absolute Gasteiger partial charge is 0.343 e. The summed E-state index contributed by atoms with van der Waals surface area (Å²) in [5.41, 5.74) is 0.383. The number of carbonyl (C=O) groups excluding carboxylic acids is 1. The highest BCUT2D eigenvalue weighted by Crippen LogP contribution is 2.11. The van der Waals surface area contributed by atoms with Crippen LogP contribution >= 0.6 is 0 Å². The maximum absolute atomic E-state index is 11.5.